The van der Waals surface area contributed by atoms with Crippen LogP contribution in [0.15, 0.2) is 22.7 Å². The van der Waals surface area contributed by atoms with Crippen LogP contribution in [0.25, 0.3) is 16.4 Å². The second kappa shape index (κ2) is 3.72. The Balaban J connectivity index is 1.87. The molecule has 0 fully saturated rings. The van der Waals surface area contributed by atoms with Gasteiger partial charge in [0, 0.05) is 16.8 Å². The molecule has 3 nitrogen and oxygen atoms in total. The Morgan fingerprint density at radius 3 is 3.00 bits per heavy atom. The van der Waals surface area contributed by atoms with Crippen LogP contribution in [0.2, 0.25) is 0 Å². The Morgan fingerprint density at radius 1 is 1.28 bits per heavy atom. The molecule has 0 aromatic carbocycles. The molecule has 3 aromatic heterocycles. The van der Waals surface area contributed by atoms with Crippen molar-refractivity contribution in [3.05, 3.63) is 34.7 Å². The van der Waals surface area contributed by atoms with Crippen molar-refractivity contribution in [3.63, 3.8) is 0 Å². The lowest BCUT2D eigenvalue weighted by atomic mass is 10.0. The minimum absolute atomic E-state index is 0.868. The fraction of sp³-hybridized carbons (Fsp3) is 0.357. The number of nitrogens with zero attached hydrogens (tertiary/aromatic N) is 2. The average molecular weight is 258 g/mol. The number of aromatic nitrogens is 2. The predicted molar refractivity (Wildman–Crippen MR) is 72.2 cm³/mol. The fourth-order valence-electron chi connectivity index (χ4n) is 2.66. The van der Waals surface area contributed by atoms with Crippen molar-refractivity contribution in [2.45, 2.75) is 32.6 Å². The van der Waals surface area contributed by atoms with E-state index in [4.69, 9.17) is 4.42 Å². The van der Waals surface area contributed by atoms with Crippen LogP contribution < -0.4 is 0 Å². The van der Waals surface area contributed by atoms with E-state index in [1.165, 1.54) is 36.3 Å². The van der Waals surface area contributed by atoms with Crippen LogP contribution in [-0.4, -0.2) is 9.38 Å². The van der Waals surface area contributed by atoms with E-state index < -0.39 is 0 Å². The molecular formula is C14H14N2OS. The number of hydrogen-bond donors (Lipinski definition) is 0. The lowest BCUT2D eigenvalue weighted by Crippen LogP contribution is -2.01. The first-order chi connectivity index (χ1) is 8.81. The SMILES string of the molecule is Cc1ccc(-c2cn3c4c(sc3n2)CCCC4)o1. The summed E-state index contributed by atoms with van der Waals surface area (Å²) in [6, 6.07) is 3.98. The van der Waals surface area contributed by atoms with E-state index in [2.05, 4.69) is 15.6 Å². The molecule has 0 saturated carbocycles. The number of hydrogen-bond acceptors (Lipinski definition) is 3. The second-order valence-corrected chi connectivity index (χ2v) is 5.93. The highest BCUT2D eigenvalue weighted by Crippen LogP contribution is 2.32. The van der Waals surface area contributed by atoms with E-state index in [-0.39, 0.29) is 0 Å². The molecule has 4 heteroatoms. The highest BCUT2D eigenvalue weighted by Gasteiger charge is 2.18. The third-order valence-corrected chi connectivity index (χ3v) is 4.72. The molecule has 0 bridgehead atoms. The number of fused-ring (bicyclic) bond motifs is 3. The van der Waals surface area contributed by atoms with Crippen LogP contribution in [-0.2, 0) is 12.8 Å². The zero-order chi connectivity index (χ0) is 12.1. The van der Waals surface area contributed by atoms with Crippen molar-refractivity contribution < 1.29 is 4.42 Å². The van der Waals surface area contributed by atoms with E-state index in [1.54, 1.807) is 0 Å². The molecule has 1 aliphatic carbocycles. The molecule has 3 heterocycles. The van der Waals surface area contributed by atoms with Gasteiger partial charge in [-0.25, -0.2) is 4.98 Å². The Bertz CT molecular complexity index is 719. The van der Waals surface area contributed by atoms with Crippen LogP contribution in [0, 0.1) is 6.92 Å². The van der Waals surface area contributed by atoms with Crippen molar-refractivity contribution in [3.8, 4) is 11.5 Å². The van der Waals surface area contributed by atoms with Gasteiger partial charge >= 0.3 is 0 Å². The monoisotopic (exact) mass is 258 g/mol. The standard InChI is InChI=1S/C14H14N2OS/c1-9-6-7-12(17-9)10-8-16-11-4-2-3-5-13(11)18-14(16)15-10/h6-8H,2-5H2,1H3. The summed E-state index contributed by atoms with van der Waals surface area (Å²) < 4.78 is 7.90. The van der Waals surface area contributed by atoms with Crippen LogP contribution in [0.5, 0.6) is 0 Å². The molecule has 0 spiro atoms. The van der Waals surface area contributed by atoms with E-state index >= 15 is 0 Å². The largest absolute Gasteiger partial charge is 0.460 e. The highest BCUT2D eigenvalue weighted by molar-refractivity contribution is 7.17. The van der Waals surface area contributed by atoms with Gasteiger partial charge in [-0.15, -0.1) is 11.3 Å². The minimum atomic E-state index is 0.868. The summed E-state index contributed by atoms with van der Waals surface area (Å²) in [6.45, 7) is 1.96. The van der Waals surface area contributed by atoms with Crippen molar-refractivity contribution >= 4 is 16.3 Å². The normalized spacial score (nSPS) is 15.2. The van der Waals surface area contributed by atoms with Gasteiger partial charge in [-0.2, -0.15) is 0 Å². The van der Waals surface area contributed by atoms with Gasteiger partial charge < -0.3 is 4.42 Å². The number of furan rings is 1. The first kappa shape index (κ1) is 10.4. The fourth-order valence-corrected chi connectivity index (χ4v) is 3.85. The van der Waals surface area contributed by atoms with Gasteiger partial charge in [0.2, 0.25) is 0 Å². The lowest BCUT2D eigenvalue weighted by Gasteiger charge is -2.09. The third-order valence-electron chi connectivity index (χ3n) is 3.56. The number of aryl methyl sites for hydroxylation is 3. The summed E-state index contributed by atoms with van der Waals surface area (Å²) >= 11 is 1.83. The molecule has 0 radical (unpaired) electrons. The maximum atomic E-state index is 5.64. The first-order valence-corrected chi connectivity index (χ1v) is 7.19. The molecule has 0 N–H and O–H groups in total. The summed E-state index contributed by atoms with van der Waals surface area (Å²) in [5.74, 6) is 1.80. The van der Waals surface area contributed by atoms with Gasteiger partial charge in [0.25, 0.3) is 0 Å². The van der Waals surface area contributed by atoms with Crippen LogP contribution >= 0.6 is 11.3 Å². The molecule has 0 atom stereocenters. The number of rotatable bonds is 1. The van der Waals surface area contributed by atoms with Crippen molar-refractivity contribution in [2.24, 2.45) is 0 Å². The third kappa shape index (κ3) is 1.45. The van der Waals surface area contributed by atoms with Crippen molar-refractivity contribution in [1.82, 2.24) is 9.38 Å². The van der Waals surface area contributed by atoms with E-state index in [1.807, 2.05) is 30.4 Å². The summed E-state index contributed by atoms with van der Waals surface area (Å²) in [6.07, 6.45) is 7.14. The molecule has 18 heavy (non-hydrogen) atoms. The van der Waals surface area contributed by atoms with Crippen LogP contribution in [0.4, 0.5) is 0 Å². The highest BCUT2D eigenvalue weighted by atomic mass is 32.1. The Kier molecular flexibility index (Phi) is 2.14. The van der Waals surface area contributed by atoms with Gasteiger partial charge in [0.1, 0.15) is 11.5 Å². The summed E-state index contributed by atoms with van der Waals surface area (Å²) in [4.78, 5) is 7.31. The van der Waals surface area contributed by atoms with E-state index in [0.29, 0.717) is 0 Å². The molecule has 92 valence electrons. The Labute approximate surface area is 109 Å². The summed E-state index contributed by atoms with van der Waals surface area (Å²) in [5.41, 5.74) is 2.41. The lowest BCUT2D eigenvalue weighted by molar-refractivity contribution is 0.547. The van der Waals surface area contributed by atoms with Gasteiger partial charge in [-0.05, 0) is 44.7 Å². The van der Waals surface area contributed by atoms with Crippen LogP contribution in [0.3, 0.4) is 0 Å². The predicted octanol–water partition coefficient (Wildman–Crippen LogP) is 3.84. The molecule has 0 aliphatic heterocycles. The molecule has 4 rings (SSSR count). The Hall–Kier alpha value is -1.55. The van der Waals surface area contributed by atoms with Crippen molar-refractivity contribution in [2.75, 3.05) is 0 Å². The first-order valence-electron chi connectivity index (χ1n) is 6.38. The maximum absolute atomic E-state index is 5.64. The average Bonchev–Trinajstić information content (AvgIpc) is 3.01. The topological polar surface area (TPSA) is 30.4 Å². The smallest absolute Gasteiger partial charge is 0.194 e. The van der Waals surface area contributed by atoms with E-state index in [9.17, 15) is 0 Å². The second-order valence-electron chi connectivity index (χ2n) is 4.87. The molecular weight excluding hydrogens is 244 g/mol. The maximum Gasteiger partial charge on any atom is 0.194 e. The number of imidazole rings is 1. The van der Waals surface area contributed by atoms with E-state index in [0.717, 1.165) is 22.2 Å². The summed E-state index contributed by atoms with van der Waals surface area (Å²) in [7, 11) is 0. The number of thiazole rings is 1. The van der Waals surface area contributed by atoms with Crippen molar-refractivity contribution in [1.29, 1.82) is 0 Å². The van der Waals surface area contributed by atoms with Gasteiger partial charge in [0.05, 0.1) is 0 Å². The van der Waals surface area contributed by atoms with Crippen LogP contribution in [0.1, 0.15) is 29.2 Å². The molecule has 0 unspecified atom stereocenters. The quantitative estimate of drug-likeness (QED) is 0.664. The minimum Gasteiger partial charge on any atom is -0.460 e. The Morgan fingerprint density at radius 2 is 2.17 bits per heavy atom. The molecule has 3 aromatic rings. The molecule has 1 aliphatic rings. The zero-order valence-electron chi connectivity index (χ0n) is 10.3. The molecule has 0 amide bonds. The zero-order valence-corrected chi connectivity index (χ0v) is 11.1. The summed E-state index contributed by atoms with van der Waals surface area (Å²) in [5, 5.41) is 0. The van der Waals surface area contributed by atoms with Gasteiger partial charge in [-0.1, -0.05) is 0 Å². The van der Waals surface area contributed by atoms with Gasteiger partial charge in [-0.3, -0.25) is 4.40 Å². The molecule has 0 saturated heterocycles. The van der Waals surface area contributed by atoms with Gasteiger partial charge in [0.15, 0.2) is 10.7 Å².